The van der Waals surface area contributed by atoms with E-state index in [0.717, 1.165) is 6.07 Å². The Labute approximate surface area is 126 Å². The summed E-state index contributed by atoms with van der Waals surface area (Å²) < 4.78 is 5.01. The maximum absolute atomic E-state index is 11.9. The predicted molar refractivity (Wildman–Crippen MR) is 76.3 cm³/mol. The largest absolute Gasteiger partial charge is 0.459 e. The number of nitrogens with zero attached hydrogens (tertiary/aromatic N) is 1. The molecule has 0 saturated heterocycles. The second-order valence-electron chi connectivity index (χ2n) is 5.19. The zero-order valence-corrected chi connectivity index (χ0v) is 12.6. The van der Waals surface area contributed by atoms with Crippen molar-refractivity contribution in [3.63, 3.8) is 0 Å². The van der Waals surface area contributed by atoms with Gasteiger partial charge < -0.3 is 10.1 Å². The van der Waals surface area contributed by atoms with Crippen molar-refractivity contribution in [2.45, 2.75) is 26.4 Å². The van der Waals surface area contributed by atoms with Gasteiger partial charge in [-0.1, -0.05) is 11.6 Å². The molecule has 0 aromatic heterocycles. The van der Waals surface area contributed by atoms with Crippen molar-refractivity contribution in [1.82, 2.24) is 5.32 Å². The van der Waals surface area contributed by atoms with Gasteiger partial charge in [-0.05, 0) is 32.9 Å². The molecule has 0 aliphatic rings. The molecule has 0 heterocycles. The van der Waals surface area contributed by atoms with Crippen LogP contribution in [0.4, 0.5) is 5.69 Å². The lowest BCUT2D eigenvalue weighted by molar-refractivity contribution is -0.385. The molecule has 0 bridgehead atoms. The van der Waals surface area contributed by atoms with Gasteiger partial charge in [-0.3, -0.25) is 19.7 Å². The molecule has 0 spiro atoms. The van der Waals surface area contributed by atoms with Gasteiger partial charge in [0.25, 0.3) is 11.6 Å². The first-order valence-electron chi connectivity index (χ1n) is 6.04. The Morgan fingerprint density at radius 1 is 1.38 bits per heavy atom. The van der Waals surface area contributed by atoms with E-state index in [1.165, 1.54) is 12.1 Å². The van der Waals surface area contributed by atoms with Crippen molar-refractivity contribution in [3.05, 3.63) is 38.9 Å². The van der Waals surface area contributed by atoms with Crippen LogP contribution in [0.15, 0.2) is 18.2 Å². The van der Waals surface area contributed by atoms with Crippen molar-refractivity contribution in [1.29, 1.82) is 0 Å². The quantitative estimate of drug-likeness (QED) is 0.522. The number of nitro benzene ring substituents is 1. The standard InChI is InChI=1S/C13H15ClN2O5/c1-13(2,3)21-11(17)7-15-12(18)9-6-8(14)4-5-10(9)16(19)20/h4-6H,7H2,1-3H3,(H,15,18). The van der Waals surface area contributed by atoms with Gasteiger partial charge in [-0.15, -0.1) is 0 Å². The van der Waals surface area contributed by atoms with Crippen LogP contribution in [0.25, 0.3) is 0 Å². The fourth-order valence-electron chi connectivity index (χ4n) is 1.47. The number of rotatable bonds is 4. The van der Waals surface area contributed by atoms with Crippen molar-refractivity contribution >= 4 is 29.2 Å². The van der Waals surface area contributed by atoms with Crippen molar-refractivity contribution in [3.8, 4) is 0 Å². The molecule has 0 unspecified atom stereocenters. The Bertz CT molecular complexity index is 580. The highest BCUT2D eigenvalue weighted by Gasteiger charge is 2.22. The summed E-state index contributed by atoms with van der Waals surface area (Å²) in [5.74, 6) is -1.41. The number of carbonyl (C=O) groups is 2. The van der Waals surface area contributed by atoms with Gasteiger partial charge in [-0.25, -0.2) is 0 Å². The van der Waals surface area contributed by atoms with E-state index in [9.17, 15) is 19.7 Å². The fourth-order valence-corrected chi connectivity index (χ4v) is 1.65. The fraction of sp³-hybridized carbons (Fsp3) is 0.385. The van der Waals surface area contributed by atoms with E-state index in [2.05, 4.69) is 5.32 Å². The number of amides is 1. The molecule has 0 radical (unpaired) electrons. The third-order valence-corrected chi connectivity index (χ3v) is 2.45. The van der Waals surface area contributed by atoms with Crippen molar-refractivity contribution < 1.29 is 19.2 Å². The second-order valence-corrected chi connectivity index (χ2v) is 5.62. The lowest BCUT2D eigenvalue weighted by Gasteiger charge is -2.19. The van der Waals surface area contributed by atoms with Gasteiger partial charge in [0, 0.05) is 11.1 Å². The van der Waals surface area contributed by atoms with Crippen LogP contribution >= 0.6 is 11.6 Å². The lowest BCUT2D eigenvalue weighted by atomic mass is 10.1. The summed E-state index contributed by atoms with van der Waals surface area (Å²) in [5, 5.41) is 13.3. The zero-order chi connectivity index (χ0) is 16.2. The minimum absolute atomic E-state index is 0.183. The van der Waals surface area contributed by atoms with Gasteiger partial charge in [0.05, 0.1) is 4.92 Å². The number of carbonyl (C=O) groups excluding carboxylic acids is 2. The van der Waals surface area contributed by atoms with E-state index >= 15 is 0 Å². The maximum Gasteiger partial charge on any atom is 0.325 e. The third kappa shape index (κ3) is 5.39. The van der Waals surface area contributed by atoms with Crippen LogP contribution in [-0.2, 0) is 9.53 Å². The Morgan fingerprint density at radius 2 is 2.00 bits per heavy atom. The molecular formula is C13H15ClN2O5. The average Bonchev–Trinajstić information content (AvgIpc) is 2.33. The van der Waals surface area contributed by atoms with Crippen LogP contribution in [-0.4, -0.2) is 28.9 Å². The molecule has 1 aromatic rings. The Balaban J connectivity index is 2.79. The van der Waals surface area contributed by atoms with Crippen LogP contribution in [0, 0.1) is 10.1 Å². The third-order valence-electron chi connectivity index (χ3n) is 2.21. The van der Waals surface area contributed by atoms with Crippen molar-refractivity contribution in [2.24, 2.45) is 0 Å². The topological polar surface area (TPSA) is 98.5 Å². The van der Waals surface area contributed by atoms with Crippen LogP contribution in [0.3, 0.4) is 0 Å². The molecule has 1 N–H and O–H groups in total. The molecular weight excluding hydrogens is 300 g/mol. The van der Waals surface area contributed by atoms with Gasteiger partial charge in [-0.2, -0.15) is 0 Å². The first-order valence-corrected chi connectivity index (χ1v) is 6.42. The molecule has 0 saturated carbocycles. The minimum atomic E-state index is -0.768. The van der Waals surface area contributed by atoms with Crippen LogP contribution < -0.4 is 5.32 Å². The molecule has 114 valence electrons. The molecule has 8 heteroatoms. The number of nitrogens with one attached hydrogen (secondary N) is 1. The van der Waals surface area contributed by atoms with Crippen LogP contribution in [0.2, 0.25) is 5.02 Å². The summed E-state index contributed by atoms with van der Waals surface area (Å²) in [6, 6.07) is 3.61. The number of esters is 1. The monoisotopic (exact) mass is 314 g/mol. The average molecular weight is 315 g/mol. The number of ether oxygens (including phenoxy) is 1. The van der Waals surface area contributed by atoms with Gasteiger partial charge in [0.1, 0.15) is 17.7 Å². The summed E-state index contributed by atoms with van der Waals surface area (Å²) in [7, 11) is 0. The van der Waals surface area contributed by atoms with Gasteiger partial charge in [0.15, 0.2) is 0 Å². The van der Waals surface area contributed by atoms with Gasteiger partial charge in [0.2, 0.25) is 0 Å². The van der Waals surface area contributed by atoms with E-state index in [1.54, 1.807) is 20.8 Å². The van der Waals surface area contributed by atoms with E-state index in [4.69, 9.17) is 16.3 Å². The Kier molecular flexibility index (Phi) is 5.26. The van der Waals surface area contributed by atoms with Gasteiger partial charge >= 0.3 is 5.97 Å². The SMILES string of the molecule is CC(C)(C)OC(=O)CNC(=O)c1cc(Cl)ccc1[N+](=O)[O-]. The highest BCUT2D eigenvalue weighted by molar-refractivity contribution is 6.31. The molecule has 21 heavy (non-hydrogen) atoms. The second kappa shape index (κ2) is 6.53. The highest BCUT2D eigenvalue weighted by atomic mass is 35.5. The van der Waals surface area contributed by atoms with E-state index in [0.29, 0.717) is 0 Å². The maximum atomic E-state index is 11.9. The molecule has 1 rings (SSSR count). The summed E-state index contributed by atoms with van der Waals surface area (Å²) >= 11 is 5.72. The molecule has 1 aromatic carbocycles. The summed E-state index contributed by atoms with van der Waals surface area (Å²) in [5.41, 5.74) is -1.28. The number of nitro groups is 1. The number of benzene rings is 1. The van der Waals surface area contributed by atoms with E-state index < -0.39 is 22.4 Å². The zero-order valence-electron chi connectivity index (χ0n) is 11.8. The molecule has 0 atom stereocenters. The smallest absolute Gasteiger partial charge is 0.325 e. The lowest BCUT2D eigenvalue weighted by Crippen LogP contribution is -2.34. The normalized spacial score (nSPS) is 10.9. The van der Waals surface area contributed by atoms with Crippen LogP contribution in [0.1, 0.15) is 31.1 Å². The molecule has 0 aliphatic carbocycles. The van der Waals surface area contributed by atoms with Crippen molar-refractivity contribution in [2.75, 3.05) is 6.54 Å². The summed E-state index contributed by atoms with van der Waals surface area (Å²) in [6.45, 7) is 4.68. The molecule has 0 fully saturated rings. The molecule has 0 aliphatic heterocycles. The summed E-state index contributed by atoms with van der Waals surface area (Å²) in [6.07, 6.45) is 0. The van der Waals surface area contributed by atoms with Crippen LogP contribution in [0.5, 0.6) is 0 Å². The summed E-state index contributed by atoms with van der Waals surface area (Å²) in [4.78, 5) is 33.6. The molecule has 1 amide bonds. The molecule has 7 nitrogen and oxygen atoms in total. The Hall–Kier alpha value is -2.15. The first kappa shape index (κ1) is 16.9. The van der Waals surface area contributed by atoms with E-state index in [1.807, 2.05) is 0 Å². The predicted octanol–water partition coefficient (Wildman–Crippen LogP) is 2.32. The number of hydrogen-bond acceptors (Lipinski definition) is 5. The van der Waals surface area contributed by atoms with E-state index in [-0.39, 0.29) is 22.8 Å². The first-order chi connectivity index (χ1) is 9.60. The number of hydrogen-bond donors (Lipinski definition) is 1. The number of halogens is 1. The minimum Gasteiger partial charge on any atom is -0.459 e. The Morgan fingerprint density at radius 3 is 2.52 bits per heavy atom. The highest BCUT2D eigenvalue weighted by Crippen LogP contribution is 2.22.